The second kappa shape index (κ2) is 15.1. The van der Waals surface area contributed by atoms with Crippen LogP contribution in [0.25, 0.3) is 32.7 Å². The first-order valence-corrected chi connectivity index (χ1v) is 19.9. The third kappa shape index (κ3) is 6.08. The number of aryl methyl sites for hydroxylation is 2. The van der Waals surface area contributed by atoms with E-state index in [1.165, 1.54) is 9.80 Å². The lowest BCUT2D eigenvalue weighted by Gasteiger charge is -2.23. The Labute approximate surface area is 356 Å². The number of para-hydroxylation sites is 2. The summed E-state index contributed by atoms with van der Waals surface area (Å²) in [7, 11) is 3.24. The van der Waals surface area contributed by atoms with Crippen molar-refractivity contribution in [2.45, 2.75) is 53.4 Å². The van der Waals surface area contributed by atoms with E-state index in [-0.39, 0.29) is 79.6 Å². The highest BCUT2D eigenvalue weighted by Gasteiger charge is 2.33. The number of carbonyl (C=O) groups excluding carboxylic acids is 2. The second-order valence-corrected chi connectivity index (χ2v) is 16.2. The van der Waals surface area contributed by atoms with Gasteiger partial charge in [-0.25, -0.2) is 0 Å². The van der Waals surface area contributed by atoms with Crippen LogP contribution in [-0.2, 0) is 9.59 Å². The van der Waals surface area contributed by atoms with Crippen molar-refractivity contribution in [2.24, 2.45) is 20.4 Å². The molecule has 0 bridgehead atoms. The summed E-state index contributed by atoms with van der Waals surface area (Å²) in [6.07, 6.45) is 2.32. The number of fused-ring (bicyclic) bond motifs is 4. The highest BCUT2D eigenvalue weighted by Crippen LogP contribution is 2.54. The van der Waals surface area contributed by atoms with Crippen LogP contribution in [0.2, 0.25) is 0 Å². The van der Waals surface area contributed by atoms with Crippen molar-refractivity contribution in [1.29, 1.82) is 0 Å². The van der Waals surface area contributed by atoms with Crippen LogP contribution >= 0.6 is 0 Å². The Bertz CT molecular complexity index is 2880. The van der Waals surface area contributed by atoms with E-state index in [1.54, 1.807) is 88.6 Å². The summed E-state index contributed by atoms with van der Waals surface area (Å²) in [5.74, 6) is -4.19. The first kappa shape index (κ1) is 41.0. The molecule has 0 saturated heterocycles. The van der Waals surface area contributed by atoms with Crippen molar-refractivity contribution in [2.75, 3.05) is 23.9 Å². The maximum Gasteiger partial charge on any atom is 0.279 e. The molecule has 2 aliphatic rings. The summed E-state index contributed by atoms with van der Waals surface area (Å²) >= 11 is 0. The fourth-order valence-electron chi connectivity index (χ4n) is 8.81. The number of aromatic hydroxyl groups is 6. The monoisotopic (exact) mass is 832 g/mol. The zero-order valence-electron chi connectivity index (χ0n) is 35.3. The summed E-state index contributed by atoms with van der Waals surface area (Å²) in [5.41, 5.74) is 4.35. The molecular weight excluding hydrogens is 789 g/mol. The van der Waals surface area contributed by atoms with Gasteiger partial charge in [0.25, 0.3) is 11.8 Å². The fourth-order valence-corrected chi connectivity index (χ4v) is 8.81. The number of nitrogens with zero attached hydrogens (tertiary/aromatic N) is 6. The Kier molecular flexibility index (Phi) is 9.97. The van der Waals surface area contributed by atoms with E-state index in [1.807, 2.05) is 27.7 Å². The molecule has 314 valence electrons. The number of phenolic OH excluding ortho intramolecular Hbond substituents is 6. The molecule has 0 saturated carbocycles. The average molecular weight is 833 g/mol. The smallest absolute Gasteiger partial charge is 0.279 e. The predicted octanol–water partition coefficient (Wildman–Crippen LogP) is 8.36. The standard InChI is InChI=1S/C48H44N6O8/c1-21(2)33-27-17-23(5)35(43(57)37(27)29(41(55)45(33)59)19-49-51-39-25-13-9-11-15-31(25)53(7)47(39)61)36-24(6)18-28-34(22(3)4)46(60)42(56)30(38(28)44(36)58)20-50-52-40-26-14-10-12-16-32(26)54(8)48(40)62/h9-22,55-60H,1-8H3/b49-19+,50-20+,51-39-,52-40+. The van der Waals surface area contributed by atoms with Crippen molar-refractivity contribution in [3.05, 3.63) is 105 Å². The van der Waals surface area contributed by atoms with Gasteiger partial charge in [0, 0.05) is 58.2 Å². The number of anilines is 2. The molecule has 0 spiro atoms. The first-order valence-electron chi connectivity index (χ1n) is 19.9. The van der Waals surface area contributed by atoms with Gasteiger partial charge in [0.2, 0.25) is 0 Å². The maximum atomic E-state index is 13.1. The maximum absolute atomic E-state index is 13.1. The van der Waals surface area contributed by atoms with Gasteiger partial charge in [0.1, 0.15) is 11.5 Å². The van der Waals surface area contributed by atoms with E-state index in [9.17, 15) is 40.2 Å². The molecule has 14 heteroatoms. The summed E-state index contributed by atoms with van der Waals surface area (Å²) in [6, 6.07) is 17.6. The fraction of sp³-hybridized carbons (Fsp3) is 0.208. The van der Waals surface area contributed by atoms with Crippen LogP contribution in [-0.4, -0.2) is 80.4 Å². The van der Waals surface area contributed by atoms with Gasteiger partial charge in [-0.2, -0.15) is 10.2 Å². The van der Waals surface area contributed by atoms with Crippen LogP contribution in [0.5, 0.6) is 34.5 Å². The summed E-state index contributed by atoms with van der Waals surface area (Å²) in [5, 5.41) is 88.7. The number of carbonyl (C=O) groups is 2. The Balaban J connectivity index is 1.37. The van der Waals surface area contributed by atoms with E-state index < -0.39 is 23.0 Å². The zero-order valence-corrected chi connectivity index (χ0v) is 35.3. The molecule has 0 radical (unpaired) electrons. The molecule has 6 aromatic carbocycles. The van der Waals surface area contributed by atoms with Gasteiger partial charge in [0.05, 0.1) is 34.9 Å². The minimum absolute atomic E-state index is 0.0661. The molecule has 6 N–H and O–H groups in total. The van der Waals surface area contributed by atoms with Gasteiger partial charge >= 0.3 is 0 Å². The molecular formula is C48H44N6O8. The second-order valence-electron chi connectivity index (χ2n) is 16.2. The third-order valence-corrected chi connectivity index (χ3v) is 11.7. The van der Waals surface area contributed by atoms with Gasteiger partial charge in [-0.1, -0.05) is 76.2 Å². The molecule has 0 atom stereocenters. The van der Waals surface area contributed by atoms with E-state index >= 15 is 0 Å². The number of hydrogen-bond acceptors (Lipinski definition) is 12. The Morgan fingerprint density at radius 2 is 0.887 bits per heavy atom. The molecule has 2 heterocycles. The van der Waals surface area contributed by atoms with Crippen molar-refractivity contribution in [3.8, 4) is 45.6 Å². The van der Waals surface area contributed by atoms with Crippen LogP contribution in [0.15, 0.2) is 81.1 Å². The summed E-state index contributed by atoms with van der Waals surface area (Å²) < 4.78 is 0. The molecule has 0 unspecified atom stereocenters. The average Bonchev–Trinajstić information content (AvgIpc) is 3.61. The minimum atomic E-state index is -0.582. The highest BCUT2D eigenvalue weighted by atomic mass is 16.3. The number of amides is 2. The molecule has 0 aliphatic carbocycles. The van der Waals surface area contributed by atoms with Gasteiger partial charge in [0.15, 0.2) is 34.4 Å². The predicted molar refractivity (Wildman–Crippen MR) is 242 cm³/mol. The molecule has 62 heavy (non-hydrogen) atoms. The molecule has 2 amide bonds. The number of benzene rings is 6. The highest BCUT2D eigenvalue weighted by molar-refractivity contribution is 6.55. The topological polar surface area (TPSA) is 211 Å². The van der Waals surface area contributed by atoms with Crippen LogP contribution in [0.4, 0.5) is 11.4 Å². The lowest BCUT2D eigenvalue weighted by molar-refractivity contribution is -0.112. The van der Waals surface area contributed by atoms with Crippen molar-refractivity contribution < 1.29 is 40.2 Å². The first-order chi connectivity index (χ1) is 29.5. The summed E-state index contributed by atoms with van der Waals surface area (Å²) in [6.45, 7) is 10.8. The quantitative estimate of drug-likeness (QED) is 0.0521. The molecule has 2 aliphatic heterocycles. The zero-order chi connectivity index (χ0) is 44.6. The largest absolute Gasteiger partial charge is 0.507 e. The Morgan fingerprint density at radius 3 is 1.24 bits per heavy atom. The Hall–Kier alpha value is -7.74. The normalized spacial score (nSPS) is 15.4. The van der Waals surface area contributed by atoms with Crippen LogP contribution in [0.1, 0.15) is 84.0 Å². The van der Waals surface area contributed by atoms with Crippen molar-refractivity contribution >= 4 is 68.6 Å². The SMILES string of the molecule is Cc1cc2c(C(C)C)c(O)c(O)c(/C=N/N=C3\C(=O)N(C)c4ccccc43)c2c(O)c1-c1c(C)cc2c(C(C)C)c(O)c(O)c(/C=N/N=C3/C(=O)N(C)c4ccccc43)c2c1O. The lowest BCUT2D eigenvalue weighted by Crippen LogP contribution is -2.25. The minimum Gasteiger partial charge on any atom is -0.507 e. The third-order valence-electron chi connectivity index (χ3n) is 11.7. The molecule has 0 fully saturated rings. The molecule has 14 nitrogen and oxygen atoms in total. The summed E-state index contributed by atoms with van der Waals surface area (Å²) in [4.78, 5) is 29.1. The van der Waals surface area contributed by atoms with Gasteiger partial charge in [-0.05, 0) is 59.7 Å². The van der Waals surface area contributed by atoms with Crippen LogP contribution in [0.3, 0.4) is 0 Å². The van der Waals surface area contributed by atoms with Crippen LogP contribution < -0.4 is 9.80 Å². The van der Waals surface area contributed by atoms with E-state index in [0.29, 0.717) is 55.5 Å². The number of hydrogen-bond donors (Lipinski definition) is 6. The number of phenols is 6. The van der Waals surface area contributed by atoms with Gasteiger partial charge in [-0.15, -0.1) is 10.2 Å². The van der Waals surface area contributed by atoms with E-state index in [2.05, 4.69) is 20.4 Å². The molecule has 8 rings (SSSR count). The van der Waals surface area contributed by atoms with Crippen molar-refractivity contribution in [3.63, 3.8) is 0 Å². The lowest BCUT2D eigenvalue weighted by atomic mass is 9.83. The molecule has 6 aromatic rings. The number of likely N-dealkylation sites (N-methyl/N-ethyl adjacent to an activating group) is 2. The van der Waals surface area contributed by atoms with Crippen LogP contribution in [0, 0.1) is 13.8 Å². The van der Waals surface area contributed by atoms with Crippen molar-refractivity contribution in [1.82, 2.24) is 0 Å². The molecule has 0 aromatic heterocycles. The van der Waals surface area contributed by atoms with E-state index in [4.69, 9.17) is 0 Å². The van der Waals surface area contributed by atoms with Gasteiger partial charge in [-0.3, -0.25) is 9.59 Å². The number of rotatable bonds is 7. The van der Waals surface area contributed by atoms with Gasteiger partial charge < -0.3 is 40.4 Å². The Morgan fingerprint density at radius 1 is 0.532 bits per heavy atom. The van der Waals surface area contributed by atoms with E-state index in [0.717, 1.165) is 12.4 Å².